The summed E-state index contributed by atoms with van der Waals surface area (Å²) in [5.41, 5.74) is 7.46. The summed E-state index contributed by atoms with van der Waals surface area (Å²) in [5.74, 6) is -0.209. The van der Waals surface area contributed by atoms with Crippen molar-refractivity contribution >= 4 is 22.4 Å². The summed E-state index contributed by atoms with van der Waals surface area (Å²) < 4.78 is 1.54. The van der Waals surface area contributed by atoms with Crippen LogP contribution >= 0.6 is 0 Å². The molecule has 0 unspecified atom stereocenters. The molecule has 5 nitrogen and oxygen atoms in total. The van der Waals surface area contributed by atoms with Gasteiger partial charge in [0.1, 0.15) is 5.69 Å². The van der Waals surface area contributed by atoms with E-state index in [1.165, 1.54) is 4.68 Å². The number of carbonyl (C=O) groups excluding carboxylic acids is 1. The molecule has 0 aliphatic carbocycles. The highest BCUT2D eigenvalue weighted by atomic mass is 16.2. The quantitative estimate of drug-likeness (QED) is 0.319. The third-order valence-corrected chi connectivity index (χ3v) is 6.42. The van der Waals surface area contributed by atoms with E-state index in [0.717, 1.165) is 50.1 Å². The Labute approximate surface area is 202 Å². The van der Waals surface area contributed by atoms with Crippen molar-refractivity contribution in [3.63, 3.8) is 0 Å². The number of fused-ring (bicyclic) bond motifs is 2. The highest BCUT2D eigenvalue weighted by molar-refractivity contribution is 6.23. The van der Waals surface area contributed by atoms with Gasteiger partial charge in [-0.15, -0.1) is 0 Å². The van der Waals surface area contributed by atoms with E-state index in [0.29, 0.717) is 12.0 Å². The zero-order chi connectivity index (χ0) is 23.8. The van der Waals surface area contributed by atoms with Crippen molar-refractivity contribution in [2.24, 2.45) is 0 Å². The van der Waals surface area contributed by atoms with Crippen LogP contribution < -0.4 is 0 Å². The van der Waals surface area contributed by atoms with Crippen molar-refractivity contribution in [1.29, 1.82) is 5.26 Å². The minimum Gasteiger partial charge on any atom is -0.267 e. The van der Waals surface area contributed by atoms with Gasteiger partial charge in [0.25, 0.3) is 5.91 Å². The van der Waals surface area contributed by atoms with Crippen molar-refractivity contribution < 1.29 is 4.79 Å². The molecule has 0 bridgehead atoms. The van der Waals surface area contributed by atoms with Crippen LogP contribution in [0.5, 0.6) is 0 Å². The first-order chi connectivity index (χ1) is 17.2. The van der Waals surface area contributed by atoms with Gasteiger partial charge >= 0.3 is 0 Å². The highest BCUT2D eigenvalue weighted by Crippen LogP contribution is 2.40. The van der Waals surface area contributed by atoms with E-state index in [4.69, 9.17) is 5.10 Å². The molecule has 0 saturated carbocycles. The Morgan fingerprint density at radius 1 is 0.857 bits per heavy atom. The lowest BCUT2D eigenvalue weighted by atomic mass is 9.88. The van der Waals surface area contributed by atoms with Crippen LogP contribution in [0, 0.1) is 11.3 Å². The summed E-state index contributed by atoms with van der Waals surface area (Å²) in [4.78, 5) is 18.4. The zero-order valence-electron chi connectivity index (χ0n) is 18.8. The number of hydrogen-bond donors (Lipinski definition) is 0. The molecule has 1 aliphatic heterocycles. The maximum atomic E-state index is 14.0. The van der Waals surface area contributed by atoms with E-state index in [1.54, 1.807) is 6.20 Å². The molecule has 3 heterocycles. The Balaban J connectivity index is 1.57. The molecule has 2 aromatic heterocycles. The fourth-order valence-electron chi connectivity index (χ4n) is 4.84. The number of hydrogen-bond acceptors (Lipinski definition) is 4. The van der Waals surface area contributed by atoms with Crippen LogP contribution in [0.1, 0.15) is 22.5 Å². The largest absolute Gasteiger partial charge is 0.279 e. The highest BCUT2D eigenvalue weighted by Gasteiger charge is 2.32. The molecule has 35 heavy (non-hydrogen) atoms. The second-order valence-corrected chi connectivity index (χ2v) is 8.52. The van der Waals surface area contributed by atoms with Gasteiger partial charge in [0.2, 0.25) is 0 Å². The van der Waals surface area contributed by atoms with E-state index in [-0.39, 0.29) is 12.3 Å². The van der Waals surface area contributed by atoms with Gasteiger partial charge in [-0.2, -0.15) is 15.0 Å². The smallest absolute Gasteiger partial charge is 0.267 e. The Kier molecular flexibility index (Phi) is 5.05. The molecule has 0 radical (unpaired) electrons. The van der Waals surface area contributed by atoms with Gasteiger partial charge in [-0.25, -0.2) is 0 Å². The van der Waals surface area contributed by atoms with Gasteiger partial charge < -0.3 is 0 Å². The molecule has 1 aliphatic rings. The fourth-order valence-corrected chi connectivity index (χ4v) is 4.84. The molecule has 0 fully saturated rings. The van der Waals surface area contributed by atoms with Gasteiger partial charge in [-0.05, 0) is 34.9 Å². The molecule has 5 heteroatoms. The Morgan fingerprint density at radius 2 is 1.60 bits per heavy atom. The van der Waals surface area contributed by atoms with Crippen molar-refractivity contribution in [2.45, 2.75) is 12.8 Å². The SMILES string of the molecule is N#CCC1=C(c2ccc3ncccc3c2)C(=O)n2nc(-c3ccccc3)c(-c3ccccc3)c2C1. The molecule has 0 spiro atoms. The van der Waals surface area contributed by atoms with E-state index >= 15 is 0 Å². The van der Waals surface area contributed by atoms with Gasteiger partial charge in [-0.1, -0.05) is 72.8 Å². The molecule has 0 amide bonds. The van der Waals surface area contributed by atoms with Crippen LogP contribution in [0.15, 0.2) is 103 Å². The number of nitrogens with zero attached hydrogens (tertiary/aromatic N) is 4. The second kappa shape index (κ2) is 8.51. The van der Waals surface area contributed by atoms with Gasteiger partial charge in [0.15, 0.2) is 0 Å². The molecule has 0 saturated heterocycles. The first-order valence-corrected chi connectivity index (χ1v) is 11.5. The molecular weight excluding hydrogens is 432 g/mol. The average Bonchev–Trinajstić information content (AvgIpc) is 3.30. The zero-order valence-corrected chi connectivity index (χ0v) is 18.8. The lowest BCUT2D eigenvalue weighted by Crippen LogP contribution is -2.24. The van der Waals surface area contributed by atoms with Gasteiger partial charge in [0.05, 0.1) is 23.7 Å². The number of carbonyl (C=O) groups is 1. The molecule has 6 rings (SSSR count). The summed E-state index contributed by atoms with van der Waals surface area (Å²) in [7, 11) is 0. The number of benzene rings is 3. The van der Waals surface area contributed by atoms with E-state index < -0.39 is 0 Å². The van der Waals surface area contributed by atoms with Crippen LogP contribution in [0.3, 0.4) is 0 Å². The van der Waals surface area contributed by atoms with Crippen LogP contribution in [0.25, 0.3) is 38.9 Å². The summed E-state index contributed by atoms with van der Waals surface area (Å²) in [6, 6.07) is 31.9. The molecule has 0 atom stereocenters. The summed E-state index contributed by atoms with van der Waals surface area (Å²) in [5, 5.41) is 15.4. The molecule has 5 aromatic rings. The average molecular weight is 453 g/mol. The van der Waals surface area contributed by atoms with Crippen molar-refractivity contribution in [2.75, 3.05) is 0 Å². The maximum Gasteiger partial charge on any atom is 0.279 e. The summed E-state index contributed by atoms with van der Waals surface area (Å²) >= 11 is 0. The lowest BCUT2D eigenvalue weighted by molar-refractivity contribution is 0.0958. The minimum atomic E-state index is -0.209. The summed E-state index contributed by atoms with van der Waals surface area (Å²) in [6.07, 6.45) is 2.40. The van der Waals surface area contributed by atoms with Crippen LogP contribution in [0.4, 0.5) is 0 Å². The Bertz CT molecular complexity index is 1660. The third-order valence-electron chi connectivity index (χ3n) is 6.42. The molecule has 0 N–H and O–H groups in total. The topological polar surface area (TPSA) is 71.6 Å². The van der Waals surface area contributed by atoms with Crippen LogP contribution in [0.2, 0.25) is 0 Å². The molecular formula is C30H20N4O. The standard InChI is InChI=1S/C30H20N4O/c31-16-15-24-19-26-28(20-8-3-1-4-9-20)29(21-10-5-2-6-11-21)33-34(26)30(35)27(24)23-13-14-25-22(18-23)12-7-17-32-25/h1-14,17-18H,15,19H2. The fraction of sp³-hybridized carbons (Fsp3) is 0.0667. The van der Waals surface area contributed by atoms with Crippen molar-refractivity contribution in [1.82, 2.24) is 14.8 Å². The number of pyridine rings is 1. The van der Waals surface area contributed by atoms with Crippen LogP contribution in [-0.2, 0) is 6.42 Å². The first kappa shape index (κ1) is 20.8. The number of allylic oxidation sites excluding steroid dienone is 2. The molecule has 3 aromatic carbocycles. The lowest BCUT2D eigenvalue weighted by Gasteiger charge is -2.21. The predicted molar refractivity (Wildman–Crippen MR) is 136 cm³/mol. The van der Waals surface area contributed by atoms with E-state index in [1.807, 2.05) is 91.0 Å². The maximum absolute atomic E-state index is 14.0. The first-order valence-electron chi connectivity index (χ1n) is 11.5. The normalized spacial score (nSPS) is 13.1. The van der Waals surface area contributed by atoms with Crippen LogP contribution in [-0.4, -0.2) is 20.7 Å². The van der Waals surface area contributed by atoms with Gasteiger partial charge in [-0.3, -0.25) is 9.78 Å². The number of nitriles is 1. The second-order valence-electron chi connectivity index (χ2n) is 8.52. The predicted octanol–water partition coefficient (Wildman–Crippen LogP) is 6.33. The Hall–Kier alpha value is -4.82. The Morgan fingerprint density at radius 3 is 2.34 bits per heavy atom. The van der Waals surface area contributed by atoms with Gasteiger partial charge in [0, 0.05) is 34.7 Å². The summed E-state index contributed by atoms with van der Waals surface area (Å²) in [6.45, 7) is 0. The third kappa shape index (κ3) is 3.53. The minimum absolute atomic E-state index is 0.173. The van der Waals surface area contributed by atoms with E-state index in [9.17, 15) is 10.1 Å². The molecule has 166 valence electrons. The van der Waals surface area contributed by atoms with Crippen molar-refractivity contribution in [3.8, 4) is 28.5 Å². The monoisotopic (exact) mass is 452 g/mol. The van der Waals surface area contributed by atoms with Crippen molar-refractivity contribution in [3.05, 3.63) is 114 Å². The van der Waals surface area contributed by atoms with E-state index in [2.05, 4.69) is 11.1 Å². The number of aromatic nitrogens is 3. The number of rotatable bonds is 4.